The van der Waals surface area contributed by atoms with Gasteiger partial charge in [0.15, 0.2) is 0 Å². The monoisotopic (exact) mass is 232 g/mol. The quantitative estimate of drug-likeness (QED) is 0.615. The molecule has 0 amide bonds. The number of hydrogen-bond acceptors (Lipinski definition) is 5. The van der Waals surface area contributed by atoms with Gasteiger partial charge in [-0.25, -0.2) is 0 Å². The highest BCUT2D eigenvalue weighted by molar-refractivity contribution is 4.79. The van der Waals surface area contributed by atoms with Gasteiger partial charge in [0.25, 0.3) is 0 Å². The number of nitrogens with zero attached hydrogens (tertiary/aromatic N) is 1. The average molecular weight is 232 g/mol. The van der Waals surface area contributed by atoms with Crippen molar-refractivity contribution in [1.82, 2.24) is 4.90 Å². The van der Waals surface area contributed by atoms with E-state index in [1.165, 1.54) is 0 Å². The fourth-order valence-corrected chi connectivity index (χ4v) is 1.94. The molecule has 1 rings (SSSR count). The third-order valence-corrected chi connectivity index (χ3v) is 2.75. The van der Waals surface area contributed by atoms with Crippen LogP contribution in [-0.4, -0.2) is 68.2 Å². The summed E-state index contributed by atoms with van der Waals surface area (Å²) in [5.74, 6) is 0. The first-order valence-electron chi connectivity index (χ1n) is 5.88. The molecule has 2 unspecified atom stereocenters. The zero-order valence-electron chi connectivity index (χ0n) is 10.3. The lowest BCUT2D eigenvalue weighted by Gasteiger charge is -2.21. The lowest BCUT2D eigenvalue weighted by atomic mass is 10.3. The maximum Gasteiger partial charge on any atom is 0.0900 e. The maximum absolute atomic E-state index is 9.76. The number of ether oxygens (including phenoxy) is 2. The van der Waals surface area contributed by atoms with E-state index < -0.39 is 6.10 Å². The van der Waals surface area contributed by atoms with Gasteiger partial charge in [0.2, 0.25) is 0 Å². The van der Waals surface area contributed by atoms with Crippen molar-refractivity contribution in [3.05, 3.63) is 0 Å². The normalized spacial score (nSPS) is 25.9. The predicted octanol–water partition coefficient (Wildman–Crippen LogP) is -0.568. The molecule has 0 saturated carbocycles. The van der Waals surface area contributed by atoms with Crippen LogP contribution in [0.3, 0.4) is 0 Å². The molecule has 0 aromatic carbocycles. The Morgan fingerprint density at radius 3 is 2.81 bits per heavy atom. The van der Waals surface area contributed by atoms with Crippen molar-refractivity contribution in [2.45, 2.75) is 31.6 Å². The number of rotatable bonds is 7. The Hall–Kier alpha value is -0.200. The number of methoxy groups -OCH3 is 1. The Labute approximate surface area is 97.5 Å². The number of aliphatic hydroxyl groups is 1. The number of hydrogen-bond donors (Lipinski definition) is 2. The zero-order valence-corrected chi connectivity index (χ0v) is 10.3. The topological polar surface area (TPSA) is 68.0 Å². The first kappa shape index (κ1) is 13.9. The molecule has 0 spiro atoms. The third kappa shape index (κ3) is 5.23. The average Bonchev–Trinajstić information content (AvgIpc) is 2.61. The van der Waals surface area contributed by atoms with E-state index >= 15 is 0 Å². The first-order valence-corrected chi connectivity index (χ1v) is 5.88. The van der Waals surface area contributed by atoms with E-state index in [1.807, 2.05) is 6.92 Å². The molecule has 5 heteroatoms. The molecule has 1 heterocycles. The summed E-state index contributed by atoms with van der Waals surface area (Å²) >= 11 is 0. The second-order valence-electron chi connectivity index (χ2n) is 4.56. The van der Waals surface area contributed by atoms with Crippen molar-refractivity contribution in [3.8, 4) is 0 Å². The van der Waals surface area contributed by atoms with Crippen LogP contribution in [-0.2, 0) is 9.47 Å². The van der Waals surface area contributed by atoms with Crippen molar-refractivity contribution in [1.29, 1.82) is 0 Å². The van der Waals surface area contributed by atoms with E-state index in [4.69, 9.17) is 15.2 Å². The highest BCUT2D eigenvalue weighted by Crippen LogP contribution is 2.07. The molecule has 16 heavy (non-hydrogen) atoms. The summed E-state index contributed by atoms with van der Waals surface area (Å²) < 4.78 is 10.4. The van der Waals surface area contributed by atoms with Crippen LogP contribution in [0.15, 0.2) is 0 Å². The van der Waals surface area contributed by atoms with Crippen LogP contribution in [0, 0.1) is 0 Å². The molecule has 0 bridgehead atoms. The second kappa shape index (κ2) is 7.19. The molecule has 3 atom stereocenters. The number of nitrogens with two attached hydrogens (primary N) is 1. The van der Waals surface area contributed by atoms with Crippen molar-refractivity contribution in [2.24, 2.45) is 5.73 Å². The van der Waals surface area contributed by atoms with Crippen molar-refractivity contribution < 1.29 is 14.6 Å². The molecule has 0 aromatic heterocycles. The SMILES string of the molecule is COCC(C)OCC(O)CN1CC[C@H](N)C1. The molecule has 0 aromatic rings. The van der Waals surface area contributed by atoms with Crippen LogP contribution < -0.4 is 5.73 Å². The van der Waals surface area contributed by atoms with E-state index in [2.05, 4.69) is 4.90 Å². The standard InChI is InChI=1S/C11H24N2O3/c1-9(7-15-2)16-8-11(14)6-13-4-3-10(12)5-13/h9-11,14H,3-8,12H2,1-2H3/t9?,10-,11?/m0/s1. The smallest absolute Gasteiger partial charge is 0.0900 e. The minimum atomic E-state index is -0.440. The number of likely N-dealkylation sites (tertiary alicyclic amines) is 1. The predicted molar refractivity (Wildman–Crippen MR) is 62.3 cm³/mol. The van der Waals surface area contributed by atoms with Gasteiger partial charge in [-0.1, -0.05) is 0 Å². The van der Waals surface area contributed by atoms with Crippen molar-refractivity contribution in [3.63, 3.8) is 0 Å². The Balaban J connectivity index is 2.08. The van der Waals surface area contributed by atoms with Crippen LogP contribution in [0.4, 0.5) is 0 Å². The summed E-state index contributed by atoms with van der Waals surface area (Å²) in [4.78, 5) is 2.18. The second-order valence-corrected chi connectivity index (χ2v) is 4.56. The summed E-state index contributed by atoms with van der Waals surface area (Å²) in [5.41, 5.74) is 5.79. The Bertz CT molecular complexity index is 192. The molecular weight excluding hydrogens is 208 g/mol. The Morgan fingerprint density at radius 1 is 1.50 bits per heavy atom. The van der Waals surface area contributed by atoms with E-state index in [1.54, 1.807) is 7.11 Å². The van der Waals surface area contributed by atoms with Gasteiger partial charge in [-0.2, -0.15) is 0 Å². The summed E-state index contributed by atoms with van der Waals surface area (Å²) in [6, 6.07) is 0.264. The fourth-order valence-electron chi connectivity index (χ4n) is 1.94. The van der Waals surface area contributed by atoms with Gasteiger partial charge < -0.3 is 20.3 Å². The largest absolute Gasteiger partial charge is 0.389 e. The van der Waals surface area contributed by atoms with E-state index in [0.717, 1.165) is 19.5 Å². The molecule has 1 fully saturated rings. The van der Waals surface area contributed by atoms with Crippen LogP contribution in [0.1, 0.15) is 13.3 Å². The lowest BCUT2D eigenvalue weighted by molar-refractivity contribution is -0.0382. The summed E-state index contributed by atoms with van der Waals surface area (Å²) in [6.45, 7) is 5.35. The summed E-state index contributed by atoms with van der Waals surface area (Å²) in [6.07, 6.45) is 0.610. The van der Waals surface area contributed by atoms with Gasteiger partial charge in [-0.3, -0.25) is 4.90 Å². The van der Waals surface area contributed by atoms with Gasteiger partial charge in [0.1, 0.15) is 0 Å². The van der Waals surface area contributed by atoms with Crippen LogP contribution in [0.2, 0.25) is 0 Å². The third-order valence-electron chi connectivity index (χ3n) is 2.75. The van der Waals surface area contributed by atoms with Gasteiger partial charge >= 0.3 is 0 Å². The van der Waals surface area contributed by atoms with Crippen LogP contribution in [0.25, 0.3) is 0 Å². The first-order chi connectivity index (χ1) is 7.61. The van der Waals surface area contributed by atoms with E-state index in [-0.39, 0.29) is 12.1 Å². The number of aliphatic hydroxyl groups excluding tert-OH is 1. The highest BCUT2D eigenvalue weighted by Gasteiger charge is 2.21. The molecule has 0 aliphatic carbocycles. The Morgan fingerprint density at radius 2 is 2.25 bits per heavy atom. The summed E-state index contributed by atoms with van der Waals surface area (Å²) in [5, 5.41) is 9.76. The molecule has 5 nitrogen and oxygen atoms in total. The van der Waals surface area contributed by atoms with E-state index in [9.17, 15) is 5.11 Å². The summed E-state index contributed by atoms with van der Waals surface area (Å²) in [7, 11) is 1.64. The van der Waals surface area contributed by atoms with Gasteiger partial charge in [-0.05, 0) is 19.9 Å². The van der Waals surface area contributed by atoms with Crippen molar-refractivity contribution >= 4 is 0 Å². The molecule has 0 radical (unpaired) electrons. The van der Waals surface area contributed by atoms with Crippen LogP contribution in [0.5, 0.6) is 0 Å². The van der Waals surface area contributed by atoms with Crippen LogP contribution >= 0.6 is 0 Å². The molecular formula is C11H24N2O3. The van der Waals surface area contributed by atoms with E-state index in [0.29, 0.717) is 19.8 Å². The lowest BCUT2D eigenvalue weighted by Crippen LogP contribution is -2.36. The molecule has 3 N–H and O–H groups in total. The minimum Gasteiger partial charge on any atom is -0.389 e. The minimum absolute atomic E-state index is 0.0282. The molecule has 1 aliphatic rings. The zero-order chi connectivity index (χ0) is 12.0. The fraction of sp³-hybridized carbons (Fsp3) is 1.00. The molecule has 1 saturated heterocycles. The van der Waals surface area contributed by atoms with Gasteiger partial charge in [-0.15, -0.1) is 0 Å². The number of β-amino-alcohol motifs (C(OH)–C–C–N with tert-alkyl or cyclic N) is 1. The maximum atomic E-state index is 9.76. The Kier molecular flexibility index (Phi) is 6.23. The highest BCUT2D eigenvalue weighted by atomic mass is 16.5. The molecule has 96 valence electrons. The van der Waals surface area contributed by atoms with Gasteiger partial charge in [0.05, 0.1) is 25.4 Å². The van der Waals surface area contributed by atoms with Gasteiger partial charge in [0, 0.05) is 26.2 Å². The van der Waals surface area contributed by atoms with Crippen molar-refractivity contribution in [2.75, 3.05) is 40.0 Å². The molecule has 1 aliphatic heterocycles.